The average Bonchev–Trinajstić information content (AvgIpc) is 2.99. The average molecular weight is 299 g/mol. The molecule has 0 aliphatic heterocycles. The first-order chi connectivity index (χ1) is 10.7. The Kier molecular flexibility index (Phi) is 3.89. The lowest BCUT2D eigenvalue weighted by atomic mass is 10.0. The van der Waals surface area contributed by atoms with Crippen LogP contribution in [-0.4, -0.2) is 17.4 Å². The molecule has 0 saturated carbocycles. The van der Waals surface area contributed by atoms with Crippen molar-refractivity contribution in [2.45, 2.75) is 6.61 Å². The van der Waals surface area contributed by atoms with Crippen LogP contribution in [-0.2, 0) is 6.61 Å². The molecule has 3 aromatic rings. The Hall–Kier alpha value is -2.66. The molecule has 0 aliphatic rings. The van der Waals surface area contributed by atoms with Crippen molar-refractivity contribution < 1.29 is 18.8 Å². The number of nitrogens with zero attached hydrogens (tertiary/aromatic N) is 1. The first-order valence-corrected chi connectivity index (χ1v) is 6.72. The van der Waals surface area contributed by atoms with E-state index in [1.54, 1.807) is 25.3 Å². The number of aromatic nitrogens is 1. The van der Waals surface area contributed by atoms with Crippen LogP contribution < -0.4 is 4.74 Å². The molecule has 4 nitrogen and oxygen atoms in total. The maximum Gasteiger partial charge on any atom is 0.173 e. The summed E-state index contributed by atoms with van der Waals surface area (Å²) in [5, 5.41) is 13.7. The molecule has 1 heterocycles. The molecule has 0 amide bonds. The number of hydrogen-bond acceptors (Lipinski definition) is 4. The standard InChI is InChI=1S/C17H14FNO3/c1-21-14-7-3-5-12(9-14)17-15(10-20)16(19-22-17)11-4-2-6-13(18)8-11/h2-9,20H,10H2,1H3. The van der Waals surface area contributed by atoms with Crippen LogP contribution in [0.2, 0.25) is 0 Å². The van der Waals surface area contributed by atoms with Gasteiger partial charge < -0.3 is 14.4 Å². The van der Waals surface area contributed by atoms with E-state index in [0.29, 0.717) is 28.3 Å². The molecule has 0 atom stereocenters. The van der Waals surface area contributed by atoms with Gasteiger partial charge >= 0.3 is 0 Å². The fraction of sp³-hybridized carbons (Fsp3) is 0.118. The molecule has 0 bridgehead atoms. The number of rotatable bonds is 4. The van der Waals surface area contributed by atoms with Crippen LogP contribution in [0.5, 0.6) is 5.75 Å². The van der Waals surface area contributed by atoms with E-state index in [0.717, 1.165) is 5.56 Å². The number of aliphatic hydroxyl groups excluding tert-OH is 1. The molecule has 0 fully saturated rings. The zero-order chi connectivity index (χ0) is 15.5. The van der Waals surface area contributed by atoms with E-state index in [1.807, 2.05) is 18.2 Å². The molecule has 22 heavy (non-hydrogen) atoms. The van der Waals surface area contributed by atoms with Crippen molar-refractivity contribution in [3.8, 4) is 28.3 Å². The summed E-state index contributed by atoms with van der Waals surface area (Å²) in [5.74, 6) is 0.748. The van der Waals surface area contributed by atoms with E-state index in [-0.39, 0.29) is 12.4 Å². The van der Waals surface area contributed by atoms with Crippen molar-refractivity contribution >= 4 is 0 Å². The molecule has 0 unspecified atom stereocenters. The quantitative estimate of drug-likeness (QED) is 0.799. The third-order valence-corrected chi connectivity index (χ3v) is 3.38. The van der Waals surface area contributed by atoms with Gasteiger partial charge in [-0.2, -0.15) is 0 Å². The van der Waals surface area contributed by atoms with Crippen molar-refractivity contribution in [2.75, 3.05) is 7.11 Å². The predicted molar refractivity (Wildman–Crippen MR) is 79.8 cm³/mol. The predicted octanol–water partition coefficient (Wildman–Crippen LogP) is 3.65. The summed E-state index contributed by atoms with van der Waals surface area (Å²) in [6.07, 6.45) is 0. The second-order valence-corrected chi connectivity index (χ2v) is 4.74. The smallest absolute Gasteiger partial charge is 0.173 e. The summed E-state index contributed by atoms with van der Waals surface area (Å²) in [4.78, 5) is 0. The van der Waals surface area contributed by atoms with Gasteiger partial charge in [0.2, 0.25) is 0 Å². The SMILES string of the molecule is COc1cccc(-c2onc(-c3cccc(F)c3)c2CO)c1. The van der Waals surface area contributed by atoms with Gasteiger partial charge in [-0.3, -0.25) is 0 Å². The Balaban J connectivity index is 2.11. The highest BCUT2D eigenvalue weighted by atomic mass is 19.1. The van der Waals surface area contributed by atoms with E-state index in [4.69, 9.17) is 9.26 Å². The van der Waals surface area contributed by atoms with Crippen molar-refractivity contribution in [1.29, 1.82) is 0 Å². The van der Waals surface area contributed by atoms with Crippen molar-refractivity contribution in [2.24, 2.45) is 0 Å². The van der Waals surface area contributed by atoms with Crippen LogP contribution in [0.1, 0.15) is 5.56 Å². The van der Waals surface area contributed by atoms with Gasteiger partial charge in [0.15, 0.2) is 5.76 Å². The summed E-state index contributed by atoms with van der Waals surface area (Å²) in [5.41, 5.74) is 2.24. The summed E-state index contributed by atoms with van der Waals surface area (Å²) in [6.45, 7) is -0.262. The monoisotopic (exact) mass is 299 g/mol. The molecule has 0 saturated heterocycles. The second kappa shape index (κ2) is 5.99. The maximum atomic E-state index is 13.4. The fourth-order valence-corrected chi connectivity index (χ4v) is 2.31. The second-order valence-electron chi connectivity index (χ2n) is 4.74. The van der Waals surface area contributed by atoms with Gasteiger partial charge in [0.25, 0.3) is 0 Å². The summed E-state index contributed by atoms with van der Waals surface area (Å²) in [7, 11) is 1.57. The van der Waals surface area contributed by atoms with Crippen LogP contribution in [0, 0.1) is 5.82 Å². The number of methoxy groups -OCH3 is 1. The van der Waals surface area contributed by atoms with Gasteiger partial charge in [-0.05, 0) is 24.3 Å². The van der Waals surface area contributed by atoms with Gasteiger partial charge in [0.05, 0.1) is 19.3 Å². The van der Waals surface area contributed by atoms with Gasteiger partial charge in [0, 0.05) is 11.1 Å². The molecular weight excluding hydrogens is 285 g/mol. The molecule has 0 radical (unpaired) electrons. The van der Waals surface area contributed by atoms with E-state index in [9.17, 15) is 9.50 Å². The van der Waals surface area contributed by atoms with Gasteiger partial charge in [-0.15, -0.1) is 0 Å². The molecule has 3 rings (SSSR count). The van der Waals surface area contributed by atoms with Crippen LogP contribution in [0.15, 0.2) is 53.1 Å². The van der Waals surface area contributed by atoms with Crippen LogP contribution in [0.3, 0.4) is 0 Å². The van der Waals surface area contributed by atoms with Gasteiger partial charge in [-0.1, -0.05) is 29.4 Å². The molecule has 5 heteroatoms. The largest absolute Gasteiger partial charge is 0.497 e. The minimum atomic E-state index is -0.368. The summed E-state index contributed by atoms with van der Waals surface area (Å²) < 4.78 is 23.9. The number of benzene rings is 2. The third-order valence-electron chi connectivity index (χ3n) is 3.38. The minimum Gasteiger partial charge on any atom is -0.497 e. The first-order valence-electron chi connectivity index (χ1n) is 6.72. The lowest BCUT2D eigenvalue weighted by molar-refractivity contribution is 0.281. The van der Waals surface area contributed by atoms with E-state index < -0.39 is 0 Å². The van der Waals surface area contributed by atoms with Crippen LogP contribution in [0.4, 0.5) is 4.39 Å². The summed E-state index contributed by atoms with van der Waals surface area (Å²) in [6, 6.07) is 13.3. The lowest BCUT2D eigenvalue weighted by Crippen LogP contribution is -1.90. The highest BCUT2D eigenvalue weighted by Crippen LogP contribution is 2.33. The Morgan fingerprint density at radius 2 is 1.91 bits per heavy atom. The first kappa shape index (κ1) is 14.3. The van der Waals surface area contributed by atoms with E-state index in [2.05, 4.69) is 5.16 Å². The molecule has 112 valence electrons. The zero-order valence-corrected chi connectivity index (χ0v) is 11.9. The molecule has 1 aromatic heterocycles. The molecule has 1 N–H and O–H groups in total. The van der Waals surface area contributed by atoms with Crippen molar-refractivity contribution in [3.05, 3.63) is 59.9 Å². The molecule has 0 spiro atoms. The van der Waals surface area contributed by atoms with Crippen molar-refractivity contribution in [1.82, 2.24) is 5.16 Å². The number of halogens is 1. The van der Waals surface area contributed by atoms with Crippen LogP contribution >= 0.6 is 0 Å². The Labute approximate surface area is 126 Å². The van der Waals surface area contributed by atoms with Crippen LogP contribution in [0.25, 0.3) is 22.6 Å². The summed E-state index contributed by atoms with van der Waals surface area (Å²) >= 11 is 0. The number of aliphatic hydroxyl groups is 1. The number of ether oxygens (including phenoxy) is 1. The number of hydrogen-bond donors (Lipinski definition) is 1. The Morgan fingerprint density at radius 1 is 1.14 bits per heavy atom. The molecule has 2 aromatic carbocycles. The highest BCUT2D eigenvalue weighted by Gasteiger charge is 2.19. The molecular formula is C17H14FNO3. The van der Waals surface area contributed by atoms with E-state index >= 15 is 0 Å². The molecule has 0 aliphatic carbocycles. The fourth-order valence-electron chi connectivity index (χ4n) is 2.31. The topological polar surface area (TPSA) is 55.5 Å². The lowest BCUT2D eigenvalue weighted by Gasteiger charge is -2.04. The van der Waals surface area contributed by atoms with E-state index in [1.165, 1.54) is 12.1 Å². The van der Waals surface area contributed by atoms with Gasteiger partial charge in [0.1, 0.15) is 17.3 Å². The highest BCUT2D eigenvalue weighted by molar-refractivity contribution is 5.73. The van der Waals surface area contributed by atoms with Crippen molar-refractivity contribution in [3.63, 3.8) is 0 Å². The maximum absolute atomic E-state index is 13.4. The Bertz CT molecular complexity index is 798. The van der Waals surface area contributed by atoms with Gasteiger partial charge in [-0.25, -0.2) is 4.39 Å². The normalized spacial score (nSPS) is 10.7. The zero-order valence-electron chi connectivity index (χ0n) is 11.9. The third kappa shape index (κ3) is 2.58. The minimum absolute atomic E-state index is 0.262. The Morgan fingerprint density at radius 3 is 2.64 bits per heavy atom.